The molecule has 2 aliphatic heterocycles. The van der Waals surface area contributed by atoms with E-state index < -0.39 is 0 Å². The fourth-order valence-electron chi connectivity index (χ4n) is 2.77. The molecule has 8 heteroatoms. The first-order chi connectivity index (χ1) is 13.5. The predicted octanol–water partition coefficient (Wildman–Crippen LogP) is 3.40. The van der Waals surface area contributed by atoms with Crippen molar-refractivity contribution in [2.75, 3.05) is 25.2 Å². The number of aliphatic imine (C=N–C) groups is 2. The number of amides is 2. The summed E-state index contributed by atoms with van der Waals surface area (Å²) in [6.07, 6.45) is 1.98. The van der Waals surface area contributed by atoms with E-state index in [9.17, 15) is 9.59 Å². The Morgan fingerprint density at radius 3 is 2.86 bits per heavy atom. The van der Waals surface area contributed by atoms with Crippen LogP contribution in [0.25, 0.3) is 0 Å². The lowest BCUT2D eigenvalue weighted by atomic mass is 10.1. The molecular formula is C20H23N3O3S2. The standard InChI is InChI=1S/C20H23N3O3S2/c1-12(2)16-10-14-19(25)22-17(23-20(14)28-16)11-27-9-8-21-18(24)13-6-4-5-7-15(13)26-3/h4-7,10,12,14H,8-9,11H2,1-3H3,(H,21,24). The number of hydrogen-bond donors (Lipinski definition) is 1. The smallest absolute Gasteiger partial charge is 0.261 e. The SMILES string of the molecule is COc1ccccc1C(=O)NCCSCC1=NC(=O)C2C=C(C(C)C)SC2=N1. The maximum absolute atomic E-state index is 12.2. The van der Waals surface area contributed by atoms with Crippen molar-refractivity contribution in [3.63, 3.8) is 0 Å². The highest BCUT2D eigenvalue weighted by atomic mass is 32.2. The number of carbonyl (C=O) groups is 2. The Morgan fingerprint density at radius 1 is 1.32 bits per heavy atom. The van der Waals surface area contributed by atoms with Gasteiger partial charge in [0.05, 0.1) is 23.5 Å². The molecule has 3 rings (SSSR count). The van der Waals surface area contributed by atoms with Crippen molar-refractivity contribution in [3.05, 3.63) is 40.8 Å². The molecule has 2 amide bonds. The topological polar surface area (TPSA) is 80.1 Å². The number of nitrogens with one attached hydrogen (secondary N) is 1. The van der Waals surface area contributed by atoms with E-state index in [2.05, 4.69) is 29.1 Å². The van der Waals surface area contributed by atoms with Crippen molar-refractivity contribution in [1.82, 2.24) is 5.32 Å². The summed E-state index contributed by atoms with van der Waals surface area (Å²) in [5.74, 6) is 2.15. The summed E-state index contributed by atoms with van der Waals surface area (Å²) in [5.41, 5.74) is 0.515. The molecule has 0 saturated heterocycles. The lowest BCUT2D eigenvalue weighted by molar-refractivity contribution is -0.118. The third-order valence-electron chi connectivity index (χ3n) is 4.25. The number of rotatable bonds is 8. The van der Waals surface area contributed by atoms with Crippen LogP contribution in [0, 0.1) is 11.8 Å². The molecule has 0 spiro atoms. The van der Waals surface area contributed by atoms with Gasteiger partial charge in [-0.2, -0.15) is 16.8 Å². The van der Waals surface area contributed by atoms with E-state index in [1.165, 1.54) is 4.91 Å². The minimum atomic E-state index is -0.295. The molecule has 28 heavy (non-hydrogen) atoms. The second kappa shape index (κ2) is 9.43. The Hall–Kier alpha value is -2.06. The minimum Gasteiger partial charge on any atom is -0.496 e. The largest absolute Gasteiger partial charge is 0.496 e. The molecule has 1 atom stereocenters. The second-order valence-corrected chi connectivity index (χ2v) is 8.83. The molecule has 2 heterocycles. The first kappa shape index (κ1) is 20.7. The van der Waals surface area contributed by atoms with Gasteiger partial charge < -0.3 is 10.1 Å². The highest BCUT2D eigenvalue weighted by molar-refractivity contribution is 8.17. The summed E-state index contributed by atoms with van der Waals surface area (Å²) in [4.78, 5) is 34.4. The Morgan fingerprint density at radius 2 is 2.11 bits per heavy atom. The van der Waals surface area contributed by atoms with E-state index in [0.29, 0.717) is 41.1 Å². The Labute approximate surface area is 173 Å². The van der Waals surface area contributed by atoms with Crippen LogP contribution >= 0.6 is 23.5 Å². The van der Waals surface area contributed by atoms with Gasteiger partial charge in [0.25, 0.3) is 11.8 Å². The van der Waals surface area contributed by atoms with Crippen LogP contribution in [-0.4, -0.2) is 47.9 Å². The van der Waals surface area contributed by atoms with Crippen molar-refractivity contribution < 1.29 is 14.3 Å². The molecule has 0 aliphatic carbocycles. The van der Waals surface area contributed by atoms with Crippen LogP contribution in [0.3, 0.4) is 0 Å². The summed E-state index contributed by atoms with van der Waals surface area (Å²) in [7, 11) is 1.54. The summed E-state index contributed by atoms with van der Waals surface area (Å²) >= 11 is 3.18. The van der Waals surface area contributed by atoms with Crippen LogP contribution < -0.4 is 10.1 Å². The van der Waals surface area contributed by atoms with Gasteiger partial charge >= 0.3 is 0 Å². The molecule has 6 nitrogen and oxygen atoms in total. The zero-order valence-electron chi connectivity index (χ0n) is 16.1. The summed E-state index contributed by atoms with van der Waals surface area (Å²) in [6, 6.07) is 7.12. The predicted molar refractivity (Wildman–Crippen MR) is 117 cm³/mol. The average Bonchev–Trinajstić information content (AvgIpc) is 3.12. The second-order valence-electron chi connectivity index (χ2n) is 6.63. The van der Waals surface area contributed by atoms with Crippen LogP contribution in [0.1, 0.15) is 24.2 Å². The number of benzene rings is 1. The molecule has 0 radical (unpaired) electrons. The lowest BCUT2D eigenvalue weighted by Crippen LogP contribution is -2.27. The Kier molecular flexibility index (Phi) is 6.96. The van der Waals surface area contributed by atoms with Crippen molar-refractivity contribution in [1.29, 1.82) is 0 Å². The number of ether oxygens (including phenoxy) is 1. The van der Waals surface area contributed by atoms with Crippen LogP contribution in [-0.2, 0) is 4.79 Å². The van der Waals surface area contributed by atoms with E-state index in [0.717, 1.165) is 5.04 Å². The van der Waals surface area contributed by atoms with Crippen LogP contribution in [0.5, 0.6) is 5.75 Å². The molecule has 2 aliphatic rings. The number of nitrogens with zero attached hydrogens (tertiary/aromatic N) is 2. The highest BCUT2D eigenvalue weighted by Gasteiger charge is 2.34. The molecule has 1 N–H and O–H groups in total. The molecule has 1 aromatic rings. The van der Waals surface area contributed by atoms with E-state index in [1.807, 2.05) is 12.1 Å². The van der Waals surface area contributed by atoms with Crippen LogP contribution in [0.15, 0.2) is 45.2 Å². The molecule has 1 unspecified atom stereocenters. The zero-order chi connectivity index (χ0) is 20.1. The summed E-state index contributed by atoms with van der Waals surface area (Å²) < 4.78 is 5.21. The Balaban J connectivity index is 1.44. The number of hydrogen-bond acceptors (Lipinski definition) is 6. The van der Waals surface area contributed by atoms with E-state index in [1.54, 1.807) is 48.8 Å². The number of methoxy groups -OCH3 is 1. The third kappa shape index (κ3) is 4.86. The van der Waals surface area contributed by atoms with Gasteiger partial charge in [0, 0.05) is 12.3 Å². The first-order valence-electron chi connectivity index (χ1n) is 9.08. The van der Waals surface area contributed by atoms with Crippen LogP contribution in [0.4, 0.5) is 0 Å². The molecule has 0 bridgehead atoms. The maximum atomic E-state index is 12.2. The first-order valence-corrected chi connectivity index (χ1v) is 11.0. The molecule has 0 saturated carbocycles. The Bertz CT molecular complexity index is 862. The third-order valence-corrected chi connectivity index (χ3v) is 6.60. The number of allylic oxidation sites excluding steroid dienone is 1. The summed E-state index contributed by atoms with van der Waals surface area (Å²) in [6.45, 7) is 4.73. The average molecular weight is 418 g/mol. The lowest BCUT2D eigenvalue weighted by Gasteiger charge is -2.13. The molecule has 1 aromatic carbocycles. The van der Waals surface area contributed by atoms with Crippen molar-refractivity contribution in [3.8, 4) is 5.75 Å². The maximum Gasteiger partial charge on any atom is 0.261 e. The van der Waals surface area contributed by atoms with Gasteiger partial charge in [-0.1, -0.05) is 43.8 Å². The van der Waals surface area contributed by atoms with E-state index in [4.69, 9.17) is 4.74 Å². The van der Waals surface area contributed by atoms with E-state index >= 15 is 0 Å². The monoisotopic (exact) mass is 417 g/mol. The van der Waals surface area contributed by atoms with Gasteiger partial charge in [-0.05, 0) is 23.0 Å². The van der Waals surface area contributed by atoms with Crippen molar-refractivity contribution >= 4 is 46.2 Å². The number of fused-ring (bicyclic) bond motifs is 1. The molecular weight excluding hydrogens is 394 g/mol. The zero-order valence-corrected chi connectivity index (χ0v) is 17.7. The highest BCUT2D eigenvalue weighted by Crippen LogP contribution is 2.38. The van der Waals surface area contributed by atoms with Gasteiger partial charge in [0.1, 0.15) is 17.5 Å². The number of para-hydroxylation sites is 1. The number of amidine groups is 1. The molecule has 0 fully saturated rings. The van der Waals surface area contributed by atoms with Gasteiger partial charge in [0.2, 0.25) is 0 Å². The quantitative estimate of drug-likeness (QED) is 0.656. The number of thioether (sulfide) groups is 2. The number of carbonyl (C=O) groups excluding carboxylic acids is 2. The fourth-order valence-corrected chi connectivity index (χ4v) is 4.61. The van der Waals surface area contributed by atoms with Gasteiger partial charge in [-0.15, -0.1) is 0 Å². The minimum absolute atomic E-state index is 0.131. The van der Waals surface area contributed by atoms with Crippen molar-refractivity contribution in [2.45, 2.75) is 13.8 Å². The van der Waals surface area contributed by atoms with Crippen LogP contribution in [0.2, 0.25) is 0 Å². The van der Waals surface area contributed by atoms with E-state index in [-0.39, 0.29) is 17.7 Å². The van der Waals surface area contributed by atoms with Crippen molar-refractivity contribution in [2.24, 2.45) is 21.8 Å². The molecule has 148 valence electrons. The van der Waals surface area contributed by atoms with Gasteiger partial charge in [-0.3, -0.25) is 9.59 Å². The molecule has 0 aromatic heterocycles. The van der Waals surface area contributed by atoms with Gasteiger partial charge in [0.15, 0.2) is 0 Å². The van der Waals surface area contributed by atoms with Gasteiger partial charge in [-0.25, -0.2) is 4.99 Å². The summed E-state index contributed by atoms with van der Waals surface area (Å²) in [5, 5.41) is 3.72. The normalized spacial score (nSPS) is 18.4. The fraction of sp³-hybridized carbons (Fsp3) is 0.400.